The van der Waals surface area contributed by atoms with Gasteiger partial charge in [-0.3, -0.25) is 19.8 Å². The second-order valence-electron chi connectivity index (χ2n) is 8.72. The number of nitrogens with one attached hydrogen (secondary N) is 1. The molecule has 1 aliphatic heterocycles. The van der Waals surface area contributed by atoms with E-state index in [0.717, 1.165) is 0 Å². The third kappa shape index (κ3) is 5.92. The number of aromatic nitrogens is 2. The maximum atomic E-state index is 13.5. The highest BCUT2D eigenvalue weighted by Gasteiger charge is 2.32. The van der Waals surface area contributed by atoms with E-state index in [1.807, 2.05) is 18.7 Å². The predicted molar refractivity (Wildman–Crippen MR) is 128 cm³/mol. The maximum Gasteiger partial charge on any atom is 0.320 e. The molecule has 12 heteroatoms. The molecule has 1 N–H and O–H groups in total. The molecule has 1 saturated heterocycles. The number of hydrogen-bond acceptors (Lipinski definition) is 9. The normalized spacial score (nSPS) is 15.6. The fraction of sp³-hybridized carbons (Fsp3) is 0.348. The maximum absolute atomic E-state index is 13.5. The highest BCUT2D eigenvalue weighted by molar-refractivity contribution is 6.31. The van der Waals surface area contributed by atoms with Crippen molar-refractivity contribution in [2.45, 2.75) is 25.9 Å². The number of nitro groups is 1. The lowest BCUT2D eigenvalue weighted by molar-refractivity contribution is -0.385. The van der Waals surface area contributed by atoms with Crippen molar-refractivity contribution < 1.29 is 23.6 Å². The molecule has 0 aliphatic carbocycles. The van der Waals surface area contributed by atoms with Gasteiger partial charge in [-0.1, -0.05) is 11.6 Å². The van der Waals surface area contributed by atoms with Crippen molar-refractivity contribution in [3.8, 4) is 5.75 Å². The first-order chi connectivity index (χ1) is 16.6. The van der Waals surface area contributed by atoms with Crippen molar-refractivity contribution in [2.24, 2.45) is 0 Å². The van der Waals surface area contributed by atoms with Crippen LogP contribution < -0.4 is 10.1 Å². The Labute approximate surface area is 205 Å². The van der Waals surface area contributed by atoms with Crippen molar-refractivity contribution in [1.29, 1.82) is 0 Å². The van der Waals surface area contributed by atoms with Gasteiger partial charge in [-0.05, 0) is 38.5 Å². The molecule has 1 aliphatic rings. The van der Waals surface area contributed by atoms with Gasteiger partial charge in [0.25, 0.3) is 0 Å². The van der Waals surface area contributed by atoms with Crippen LogP contribution in [0.5, 0.6) is 5.75 Å². The number of carbonyl (C=O) groups excluding carboxylic acids is 1. The number of nitro benzene ring substituents is 1. The number of cyclic esters (lactones) is 1. The van der Waals surface area contributed by atoms with Crippen LogP contribution in [0.1, 0.15) is 20.3 Å². The minimum Gasteiger partial charge on any atom is -0.487 e. The number of rotatable bonds is 8. The van der Waals surface area contributed by atoms with Crippen molar-refractivity contribution >= 4 is 45.7 Å². The molecule has 1 fully saturated rings. The molecule has 0 spiro atoms. The molecular formula is C23H23ClFN5O5. The van der Waals surface area contributed by atoms with Gasteiger partial charge in [0, 0.05) is 30.9 Å². The summed E-state index contributed by atoms with van der Waals surface area (Å²) in [5, 5.41) is 15.1. The summed E-state index contributed by atoms with van der Waals surface area (Å²) in [6.07, 6.45) is 1.86. The Kier molecular flexibility index (Phi) is 6.99. The fourth-order valence-electron chi connectivity index (χ4n) is 3.92. The molecule has 0 unspecified atom stereocenters. The number of benzene rings is 2. The van der Waals surface area contributed by atoms with Crippen LogP contribution in [0.2, 0.25) is 5.02 Å². The predicted octanol–water partition coefficient (Wildman–Crippen LogP) is 4.48. The molecule has 184 valence electrons. The Morgan fingerprint density at radius 2 is 2.11 bits per heavy atom. The molecule has 0 radical (unpaired) electrons. The van der Waals surface area contributed by atoms with Crippen LogP contribution in [0.15, 0.2) is 36.7 Å². The molecule has 0 amide bonds. The summed E-state index contributed by atoms with van der Waals surface area (Å²) in [6.45, 7) is 5.29. The van der Waals surface area contributed by atoms with E-state index >= 15 is 0 Å². The SMILES string of the molecule is CC1(C)CN(CCCOc2cc3ncnc(Nc4ccc(F)c(Cl)c4)c3cc2[N+](=O)[O-])CC(=O)O1. The van der Waals surface area contributed by atoms with E-state index in [9.17, 15) is 19.3 Å². The van der Waals surface area contributed by atoms with Gasteiger partial charge in [-0.25, -0.2) is 14.4 Å². The minimum absolute atomic E-state index is 0.0694. The Morgan fingerprint density at radius 3 is 2.83 bits per heavy atom. The molecule has 1 aromatic heterocycles. The summed E-state index contributed by atoms with van der Waals surface area (Å²) in [6, 6.07) is 6.89. The molecule has 2 aromatic carbocycles. The molecule has 0 saturated carbocycles. The molecule has 0 bridgehead atoms. The number of morpholine rings is 1. The number of anilines is 2. The second kappa shape index (κ2) is 9.96. The topological polar surface area (TPSA) is 120 Å². The summed E-state index contributed by atoms with van der Waals surface area (Å²) in [5.74, 6) is -0.465. The average molecular weight is 504 g/mol. The number of esters is 1. The standard InChI is InChI=1S/C23H23ClFN5O5/c1-23(2)12-29(11-21(31)35-23)6-3-7-34-20-10-18-15(9-19(20)30(32)33)22(27-13-26-18)28-14-4-5-17(25)16(24)8-14/h4-5,8-10,13H,3,6-7,11-12H2,1-2H3,(H,26,27,28). The van der Waals surface area contributed by atoms with E-state index in [1.165, 1.54) is 36.7 Å². The van der Waals surface area contributed by atoms with Gasteiger partial charge in [0.05, 0.1) is 34.0 Å². The fourth-order valence-corrected chi connectivity index (χ4v) is 4.10. The van der Waals surface area contributed by atoms with Crippen LogP contribution in [0.4, 0.5) is 21.6 Å². The van der Waals surface area contributed by atoms with Crippen molar-refractivity contribution in [3.63, 3.8) is 0 Å². The summed E-state index contributed by atoms with van der Waals surface area (Å²) < 4.78 is 24.5. The van der Waals surface area contributed by atoms with Crippen molar-refractivity contribution in [1.82, 2.24) is 14.9 Å². The minimum atomic E-state index is -0.564. The Balaban J connectivity index is 1.49. The first-order valence-electron chi connectivity index (χ1n) is 10.8. The van der Waals surface area contributed by atoms with Crippen LogP contribution in [-0.4, -0.2) is 57.6 Å². The van der Waals surface area contributed by atoms with Crippen LogP contribution >= 0.6 is 11.6 Å². The van der Waals surface area contributed by atoms with E-state index in [2.05, 4.69) is 15.3 Å². The zero-order valence-corrected chi connectivity index (χ0v) is 19.8. The Bertz CT molecular complexity index is 1290. The number of halogens is 2. The van der Waals surface area contributed by atoms with E-state index in [0.29, 0.717) is 41.9 Å². The molecule has 0 atom stereocenters. The number of carbonyl (C=O) groups is 1. The van der Waals surface area contributed by atoms with Gasteiger partial charge in [-0.2, -0.15) is 0 Å². The van der Waals surface area contributed by atoms with Gasteiger partial charge in [0.2, 0.25) is 0 Å². The van der Waals surface area contributed by atoms with Crippen LogP contribution in [-0.2, 0) is 9.53 Å². The lowest BCUT2D eigenvalue weighted by Crippen LogP contribution is -2.51. The van der Waals surface area contributed by atoms with Gasteiger partial charge in [0.15, 0.2) is 5.75 Å². The summed E-state index contributed by atoms with van der Waals surface area (Å²) in [7, 11) is 0. The largest absolute Gasteiger partial charge is 0.487 e. The first-order valence-corrected chi connectivity index (χ1v) is 11.2. The third-order valence-corrected chi connectivity index (χ3v) is 5.61. The zero-order chi connectivity index (χ0) is 25.2. The Hall–Kier alpha value is -3.57. The number of ether oxygens (including phenoxy) is 2. The molecule has 4 rings (SSSR count). The van der Waals surface area contributed by atoms with Gasteiger partial charge in [-0.15, -0.1) is 0 Å². The van der Waals surface area contributed by atoms with E-state index < -0.39 is 16.3 Å². The van der Waals surface area contributed by atoms with E-state index in [1.54, 1.807) is 0 Å². The number of fused-ring (bicyclic) bond motifs is 1. The number of hydrogen-bond donors (Lipinski definition) is 1. The number of nitrogens with zero attached hydrogens (tertiary/aromatic N) is 4. The Morgan fingerprint density at radius 1 is 1.31 bits per heavy atom. The molecular weight excluding hydrogens is 481 g/mol. The third-order valence-electron chi connectivity index (χ3n) is 5.32. The van der Waals surface area contributed by atoms with Gasteiger partial charge in [0.1, 0.15) is 23.6 Å². The highest BCUT2D eigenvalue weighted by Crippen LogP contribution is 2.35. The average Bonchev–Trinajstić information content (AvgIpc) is 2.77. The van der Waals surface area contributed by atoms with E-state index in [4.69, 9.17) is 21.1 Å². The van der Waals surface area contributed by atoms with Crippen molar-refractivity contribution in [2.75, 3.05) is 31.6 Å². The van der Waals surface area contributed by atoms with E-state index in [-0.39, 0.29) is 35.6 Å². The van der Waals surface area contributed by atoms with Gasteiger partial charge < -0.3 is 14.8 Å². The summed E-state index contributed by atoms with van der Waals surface area (Å²) in [4.78, 5) is 33.3. The molecule has 35 heavy (non-hydrogen) atoms. The lowest BCUT2D eigenvalue weighted by atomic mass is 10.1. The summed E-state index contributed by atoms with van der Waals surface area (Å²) in [5.41, 5.74) is 0.0917. The molecule has 2 heterocycles. The van der Waals surface area contributed by atoms with Crippen LogP contribution in [0.25, 0.3) is 10.9 Å². The smallest absolute Gasteiger partial charge is 0.320 e. The second-order valence-corrected chi connectivity index (χ2v) is 9.12. The van der Waals surface area contributed by atoms with Crippen LogP contribution in [0.3, 0.4) is 0 Å². The van der Waals surface area contributed by atoms with Crippen molar-refractivity contribution in [3.05, 3.63) is 57.6 Å². The van der Waals surface area contributed by atoms with Crippen LogP contribution in [0, 0.1) is 15.9 Å². The molecule has 3 aromatic rings. The monoisotopic (exact) mass is 503 g/mol. The highest BCUT2D eigenvalue weighted by atomic mass is 35.5. The zero-order valence-electron chi connectivity index (χ0n) is 19.1. The van der Waals surface area contributed by atoms with Gasteiger partial charge >= 0.3 is 11.7 Å². The first kappa shape index (κ1) is 24.6. The lowest BCUT2D eigenvalue weighted by Gasteiger charge is -2.37. The molecule has 10 nitrogen and oxygen atoms in total. The quantitative estimate of drug-likeness (QED) is 0.205. The summed E-state index contributed by atoms with van der Waals surface area (Å²) >= 11 is 5.84.